The Morgan fingerprint density at radius 3 is 2.26 bits per heavy atom. The molecule has 0 aromatic carbocycles. The first-order valence-corrected chi connectivity index (χ1v) is 7.06. The van der Waals surface area contributed by atoms with Crippen LogP contribution < -0.4 is 5.32 Å². The molecular formula is C15H29NO3. The Kier molecular flexibility index (Phi) is 7.91. The van der Waals surface area contributed by atoms with E-state index in [2.05, 4.69) is 19.2 Å². The summed E-state index contributed by atoms with van der Waals surface area (Å²) in [5, 5.41) is 2.73. The summed E-state index contributed by atoms with van der Waals surface area (Å²) in [5.74, 6) is 0.553. The predicted octanol–water partition coefficient (Wildman–Crippen LogP) is 2.56. The highest BCUT2D eigenvalue weighted by atomic mass is 16.5. The van der Waals surface area contributed by atoms with Crippen molar-refractivity contribution in [3.05, 3.63) is 0 Å². The fraction of sp³-hybridized carbons (Fsp3) is 0.867. The maximum Gasteiger partial charge on any atom is 0.223 e. The molecule has 1 amide bonds. The predicted molar refractivity (Wildman–Crippen MR) is 76.9 cm³/mol. The van der Waals surface area contributed by atoms with Crippen LogP contribution in [-0.2, 0) is 14.3 Å². The standard InChI is InChI=1S/C15H29NO3/c1-11(2)7-8-19-15(5,6)9-14(18)16-13(10-17)12(3)4/h10-13H,7-9H2,1-6H3,(H,16,18). The van der Waals surface area contributed by atoms with E-state index in [-0.39, 0.29) is 18.2 Å². The summed E-state index contributed by atoms with van der Waals surface area (Å²) < 4.78 is 5.74. The molecule has 0 aliphatic heterocycles. The number of ether oxygens (including phenoxy) is 1. The molecule has 0 aliphatic rings. The lowest BCUT2D eigenvalue weighted by atomic mass is 10.0. The zero-order valence-corrected chi connectivity index (χ0v) is 13.2. The quantitative estimate of drug-likeness (QED) is 0.656. The van der Waals surface area contributed by atoms with E-state index < -0.39 is 11.6 Å². The van der Waals surface area contributed by atoms with Crippen molar-refractivity contribution in [2.45, 2.75) is 66.0 Å². The molecule has 0 rings (SSSR count). The van der Waals surface area contributed by atoms with Gasteiger partial charge < -0.3 is 14.8 Å². The molecule has 0 spiro atoms. The van der Waals surface area contributed by atoms with Crippen LogP contribution in [-0.4, -0.2) is 30.4 Å². The first-order valence-electron chi connectivity index (χ1n) is 7.06. The van der Waals surface area contributed by atoms with Gasteiger partial charge in [0.15, 0.2) is 0 Å². The number of amides is 1. The Bertz CT molecular complexity index is 285. The van der Waals surface area contributed by atoms with E-state index in [9.17, 15) is 9.59 Å². The number of hydrogen-bond acceptors (Lipinski definition) is 3. The number of rotatable bonds is 9. The molecule has 0 aromatic heterocycles. The minimum Gasteiger partial charge on any atom is -0.375 e. The largest absolute Gasteiger partial charge is 0.375 e. The van der Waals surface area contributed by atoms with Crippen molar-refractivity contribution in [2.75, 3.05) is 6.61 Å². The Morgan fingerprint density at radius 2 is 1.84 bits per heavy atom. The van der Waals surface area contributed by atoms with Crippen LogP contribution in [0.1, 0.15) is 54.4 Å². The molecule has 1 atom stereocenters. The van der Waals surface area contributed by atoms with Crippen LogP contribution in [0.15, 0.2) is 0 Å². The van der Waals surface area contributed by atoms with Crippen molar-refractivity contribution >= 4 is 12.2 Å². The normalized spacial score (nSPS) is 13.7. The van der Waals surface area contributed by atoms with Gasteiger partial charge in [0.1, 0.15) is 6.29 Å². The Hall–Kier alpha value is -0.900. The molecule has 4 heteroatoms. The van der Waals surface area contributed by atoms with E-state index >= 15 is 0 Å². The second-order valence-electron chi connectivity index (χ2n) is 6.44. The molecule has 0 bridgehead atoms. The highest BCUT2D eigenvalue weighted by molar-refractivity contribution is 5.80. The minimum absolute atomic E-state index is 0.103. The van der Waals surface area contributed by atoms with Gasteiger partial charge in [-0.3, -0.25) is 4.79 Å². The number of nitrogens with one attached hydrogen (secondary N) is 1. The summed E-state index contributed by atoms with van der Waals surface area (Å²) in [7, 11) is 0. The molecule has 0 heterocycles. The fourth-order valence-electron chi connectivity index (χ4n) is 1.60. The van der Waals surface area contributed by atoms with Crippen LogP contribution in [0.4, 0.5) is 0 Å². The third-order valence-corrected chi connectivity index (χ3v) is 2.97. The van der Waals surface area contributed by atoms with Crippen molar-refractivity contribution in [3.63, 3.8) is 0 Å². The van der Waals surface area contributed by atoms with Gasteiger partial charge >= 0.3 is 0 Å². The van der Waals surface area contributed by atoms with Gasteiger partial charge in [0.05, 0.1) is 18.1 Å². The third kappa shape index (κ3) is 8.76. The smallest absolute Gasteiger partial charge is 0.223 e. The topological polar surface area (TPSA) is 55.4 Å². The molecule has 112 valence electrons. The molecule has 19 heavy (non-hydrogen) atoms. The van der Waals surface area contributed by atoms with E-state index in [0.717, 1.165) is 12.7 Å². The highest BCUT2D eigenvalue weighted by Crippen LogP contribution is 2.16. The lowest BCUT2D eigenvalue weighted by Gasteiger charge is -2.26. The van der Waals surface area contributed by atoms with Gasteiger partial charge in [-0.25, -0.2) is 0 Å². The number of hydrogen-bond donors (Lipinski definition) is 1. The van der Waals surface area contributed by atoms with Crippen LogP contribution in [0.25, 0.3) is 0 Å². The van der Waals surface area contributed by atoms with Gasteiger partial charge in [-0.15, -0.1) is 0 Å². The van der Waals surface area contributed by atoms with Crippen molar-refractivity contribution in [1.82, 2.24) is 5.32 Å². The van der Waals surface area contributed by atoms with Gasteiger partial charge in [0.2, 0.25) is 5.91 Å². The lowest BCUT2D eigenvalue weighted by Crippen LogP contribution is -2.43. The molecule has 0 aromatic rings. The summed E-state index contributed by atoms with van der Waals surface area (Å²) in [4.78, 5) is 22.7. The van der Waals surface area contributed by atoms with E-state index in [4.69, 9.17) is 4.74 Å². The van der Waals surface area contributed by atoms with Crippen LogP contribution in [0.2, 0.25) is 0 Å². The van der Waals surface area contributed by atoms with Gasteiger partial charge in [-0.2, -0.15) is 0 Å². The average molecular weight is 271 g/mol. The van der Waals surface area contributed by atoms with Gasteiger partial charge in [0, 0.05) is 6.61 Å². The number of aldehydes is 1. The van der Waals surface area contributed by atoms with E-state index in [1.165, 1.54) is 0 Å². The van der Waals surface area contributed by atoms with Gasteiger partial charge in [0.25, 0.3) is 0 Å². The van der Waals surface area contributed by atoms with Crippen LogP contribution in [0.3, 0.4) is 0 Å². The first-order chi connectivity index (χ1) is 8.68. The monoisotopic (exact) mass is 271 g/mol. The van der Waals surface area contributed by atoms with Gasteiger partial charge in [-0.05, 0) is 32.1 Å². The van der Waals surface area contributed by atoms with Crippen molar-refractivity contribution in [2.24, 2.45) is 11.8 Å². The number of carbonyl (C=O) groups is 2. The summed E-state index contributed by atoms with van der Waals surface area (Å²) in [6, 6.07) is -0.418. The molecule has 0 radical (unpaired) electrons. The summed E-state index contributed by atoms with van der Waals surface area (Å²) in [6.45, 7) is 12.5. The Balaban J connectivity index is 4.18. The van der Waals surface area contributed by atoms with E-state index in [1.54, 1.807) is 0 Å². The average Bonchev–Trinajstić information content (AvgIpc) is 2.23. The molecule has 1 N–H and O–H groups in total. The zero-order chi connectivity index (χ0) is 15.1. The van der Waals surface area contributed by atoms with E-state index in [1.807, 2.05) is 27.7 Å². The third-order valence-electron chi connectivity index (χ3n) is 2.97. The number of carbonyl (C=O) groups excluding carboxylic acids is 2. The fourth-order valence-corrected chi connectivity index (χ4v) is 1.60. The molecule has 0 aliphatic carbocycles. The molecule has 1 unspecified atom stereocenters. The highest BCUT2D eigenvalue weighted by Gasteiger charge is 2.24. The molecular weight excluding hydrogens is 242 g/mol. The summed E-state index contributed by atoms with van der Waals surface area (Å²) in [6.07, 6.45) is 2.03. The second kappa shape index (κ2) is 8.31. The maximum absolute atomic E-state index is 11.9. The molecule has 0 saturated heterocycles. The molecule has 0 fully saturated rings. The first kappa shape index (κ1) is 18.1. The minimum atomic E-state index is -0.497. The second-order valence-corrected chi connectivity index (χ2v) is 6.44. The maximum atomic E-state index is 11.9. The van der Waals surface area contributed by atoms with E-state index in [0.29, 0.717) is 12.5 Å². The van der Waals surface area contributed by atoms with Crippen LogP contribution >= 0.6 is 0 Å². The van der Waals surface area contributed by atoms with Crippen molar-refractivity contribution in [1.29, 1.82) is 0 Å². The summed E-state index contributed by atoms with van der Waals surface area (Å²) >= 11 is 0. The molecule has 4 nitrogen and oxygen atoms in total. The zero-order valence-electron chi connectivity index (χ0n) is 13.2. The van der Waals surface area contributed by atoms with Crippen molar-refractivity contribution < 1.29 is 14.3 Å². The van der Waals surface area contributed by atoms with Gasteiger partial charge in [-0.1, -0.05) is 27.7 Å². The molecule has 0 saturated carbocycles. The van der Waals surface area contributed by atoms with Crippen LogP contribution in [0.5, 0.6) is 0 Å². The van der Waals surface area contributed by atoms with Crippen LogP contribution in [0, 0.1) is 11.8 Å². The SMILES string of the molecule is CC(C)CCOC(C)(C)CC(=O)NC(C=O)C(C)C. The summed E-state index contributed by atoms with van der Waals surface area (Å²) in [5.41, 5.74) is -0.497. The lowest BCUT2D eigenvalue weighted by molar-refractivity contribution is -0.130. The Morgan fingerprint density at radius 1 is 1.26 bits per heavy atom. The van der Waals surface area contributed by atoms with Crippen molar-refractivity contribution in [3.8, 4) is 0 Å². The Labute approximate surface area is 117 Å².